The van der Waals surface area contributed by atoms with Crippen molar-refractivity contribution in [1.29, 1.82) is 0 Å². The molecule has 0 bridgehead atoms. The Bertz CT molecular complexity index is 174. The van der Waals surface area contributed by atoms with E-state index < -0.39 is 0 Å². The van der Waals surface area contributed by atoms with Crippen LogP contribution >= 0.6 is 0 Å². The Kier molecular flexibility index (Phi) is 8.89. The molecule has 0 amide bonds. The van der Waals surface area contributed by atoms with Crippen molar-refractivity contribution in [2.24, 2.45) is 11.3 Å². The van der Waals surface area contributed by atoms with Crippen LogP contribution in [0, 0.1) is 11.3 Å². The van der Waals surface area contributed by atoms with E-state index in [4.69, 9.17) is 4.74 Å². The van der Waals surface area contributed by atoms with Crippen LogP contribution in [0.5, 0.6) is 0 Å². The van der Waals surface area contributed by atoms with Crippen LogP contribution in [-0.4, -0.2) is 26.3 Å². The van der Waals surface area contributed by atoms with Crippen LogP contribution in [0.15, 0.2) is 0 Å². The average molecular weight is 243 g/mol. The van der Waals surface area contributed by atoms with Gasteiger partial charge in [0.05, 0.1) is 0 Å². The Morgan fingerprint density at radius 3 is 2.29 bits per heavy atom. The third-order valence-corrected chi connectivity index (χ3v) is 3.33. The first-order chi connectivity index (χ1) is 7.90. The predicted molar refractivity (Wildman–Crippen MR) is 76.4 cm³/mol. The van der Waals surface area contributed by atoms with E-state index in [1.807, 2.05) is 0 Å². The van der Waals surface area contributed by atoms with E-state index >= 15 is 0 Å². The molecule has 17 heavy (non-hydrogen) atoms. The van der Waals surface area contributed by atoms with Gasteiger partial charge in [-0.05, 0) is 43.6 Å². The average Bonchev–Trinajstić information content (AvgIpc) is 2.24. The first-order valence-electron chi connectivity index (χ1n) is 7.13. The fourth-order valence-corrected chi connectivity index (χ4v) is 2.01. The van der Waals surface area contributed by atoms with Crippen molar-refractivity contribution in [3.8, 4) is 0 Å². The van der Waals surface area contributed by atoms with Crippen LogP contribution in [0.25, 0.3) is 0 Å². The molecule has 1 N–H and O–H groups in total. The topological polar surface area (TPSA) is 21.3 Å². The Balaban J connectivity index is 4.11. The van der Waals surface area contributed by atoms with Crippen LogP contribution in [0.3, 0.4) is 0 Å². The van der Waals surface area contributed by atoms with Gasteiger partial charge >= 0.3 is 0 Å². The third-order valence-electron chi connectivity index (χ3n) is 3.33. The van der Waals surface area contributed by atoms with E-state index in [0.29, 0.717) is 17.4 Å². The van der Waals surface area contributed by atoms with Gasteiger partial charge in [-0.1, -0.05) is 34.6 Å². The van der Waals surface area contributed by atoms with Crippen LogP contribution in [0.2, 0.25) is 0 Å². The highest BCUT2D eigenvalue weighted by Crippen LogP contribution is 2.24. The van der Waals surface area contributed by atoms with Crippen molar-refractivity contribution in [2.45, 2.75) is 66.3 Å². The van der Waals surface area contributed by atoms with Crippen molar-refractivity contribution in [1.82, 2.24) is 5.32 Å². The van der Waals surface area contributed by atoms with Gasteiger partial charge in [0.1, 0.15) is 0 Å². The Morgan fingerprint density at radius 2 is 1.82 bits per heavy atom. The number of rotatable bonds is 9. The summed E-state index contributed by atoms with van der Waals surface area (Å²) < 4.78 is 5.18. The molecule has 0 saturated carbocycles. The molecule has 0 aromatic heterocycles. The minimum absolute atomic E-state index is 0.438. The summed E-state index contributed by atoms with van der Waals surface area (Å²) in [6.45, 7) is 13.5. The van der Waals surface area contributed by atoms with E-state index in [9.17, 15) is 0 Å². The van der Waals surface area contributed by atoms with Gasteiger partial charge in [-0.15, -0.1) is 0 Å². The van der Waals surface area contributed by atoms with Crippen LogP contribution in [0.4, 0.5) is 0 Å². The summed E-state index contributed by atoms with van der Waals surface area (Å²) in [7, 11) is 1.79. The molecule has 0 saturated heterocycles. The quantitative estimate of drug-likeness (QED) is 0.664. The lowest BCUT2D eigenvalue weighted by Gasteiger charge is -2.28. The first kappa shape index (κ1) is 16.9. The van der Waals surface area contributed by atoms with Crippen LogP contribution < -0.4 is 5.32 Å². The van der Waals surface area contributed by atoms with E-state index in [2.05, 4.69) is 39.9 Å². The van der Waals surface area contributed by atoms with Crippen molar-refractivity contribution in [2.75, 3.05) is 20.3 Å². The standard InChI is InChI=1S/C15H33NO/c1-7-11-16-14(8-10-15(3,4)5)13(2)9-12-17-6/h13-14,16H,7-12H2,1-6H3. The van der Waals surface area contributed by atoms with Gasteiger partial charge in [-0.3, -0.25) is 0 Å². The molecule has 0 heterocycles. The summed E-state index contributed by atoms with van der Waals surface area (Å²) in [6, 6.07) is 0.643. The van der Waals surface area contributed by atoms with Gasteiger partial charge in [0.2, 0.25) is 0 Å². The first-order valence-corrected chi connectivity index (χ1v) is 7.13. The maximum atomic E-state index is 5.18. The summed E-state index contributed by atoms with van der Waals surface area (Å²) in [5, 5.41) is 3.70. The third kappa shape index (κ3) is 9.61. The second-order valence-electron chi connectivity index (χ2n) is 6.42. The fraction of sp³-hybridized carbons (Fsp3) is 1.00. The molecule has 2 unspecified atom stereocenters. The molecule has 0 aliphatic carbocycles. The zero-order valence-corrected chi connectivity index (χ0v) is 12.8. The maximum Gasteiger partial charge on any atom is 0.0465 e. The molecule has 2 atom stereocenters. The fourth-order valence-electron chi connectivity index (χ4n) is 2.01. The zero-order chi connectivity index (χ0) is 13.3. The minimum atomic E-state index is 0.438. The summed E-state index contributed by atoms with van der Waals surface area (Å²) in [6.07, 6.45) is 4.92. The largest absolute Gasteiger partial charge is 0.385 e. The van der Waals surface area contributed by atoms with Gasteiger partial charge in [-0.25, -0.2) is 0 Å². The van der Waals surface area contributed by atoms with E-state index in [1.54, 1.807) is 7.11 Å². The molecule has 0 rings (SSSR count). The molecule has 0 aliphatic heterocycles. The molecule has 2 nitrogen and oxygen atoms in total. The lowest BCUT2D eigenvalue weighted by Crippen LogP contribution is -2.36. The number of hydrogen-bond acceptors (Lipinski definition) is 2. The van der Waals surface area contributed by atoms with Gasteiger partial charge in [0, 0.05) is 19.8 Å². The second-order valence-corrected chi connectivity index (χ2v) is 6.42. The molecule has 0 spiro atoms. The molecule has 2 heteroatoms. The highest BCUT2D eigenvalue weighted by molar-refractivity contribution is 4.76. The maximum absolute atomic E-state index is 5.18. The van der Waals surface area contributed by atoms with Gasteiger partial charge < -0.3 is 10.1 Å². The lowest BCUT2D eigenvalue weighted by atomic mass is 9.85. The monoisotopic (exact) mass is 243 g/mol. The summed E-state index contributed by atoms with van der Waals surface area (Å²) in [5.74, 6) is 0.698. The minimum Gasteiger partial charge on any atom is -0.385 e. The molecule has 104 valence electrons. The lowest BCUT2D eigenvalue weighted by molar-refractivity contribution is 0.165. The summed E-state index contributed by atoms with van der Waals surface area (Å²) in [5.41, 5.74) is 0.438. The van der Waals surface area contributed by atoms with Crippen molar-refractivity contribution in [3.63, 3.8) is 0 Å². The van der Waals surface area contributed by atoms with E-state index in [1.165, 1.54) is 19.3 Å². The molecule has 0 aromatic carbocycles. The molecular weight excluding hydrogens is 210 g/mol. The summed E-state index contributed by atoms with van der Waals surface area (Å²) in [4.78, 5) is 0. The molecule has 0 aromatic rings. The van der Waals surface area contributed by atoms with E-state index in [0.717, 1.165) is 19.6 Å². The van der Waals surface area contributed by atoms with Crippen molar-refractivity contribution >= 4 is 0 Å². The molecule has 0 aliphatic rings. The smallest absolute Gasteiger partial charge is 0.0465 e. The predicted octanol–water partition coefficient (Wildman–Crippen LogP) is 3.85. The Labute approximate surface area is 109 Å². The van der Waals surface area contributed by atoms with Gasteiger partial charge in [-0.2, -0.15) is 0 Å². The highest BCUT2D eigenvalue weighted by Gasteiger charge is 2.19. The second kappa shape index (κ2) is 8.93. The van der Waals surface area contributed by atoms with Crippen LogP contribution in [0.1, 0.15) is 60.3 Å². The molecular formula is C15H33NO. The normalized spacial score (nSPS) is 15.9. The van der Waals surface area contributed by atoms with Crippen molar-refractivity contribution < 1.29 is 4.74 Å². The van der Waals surface area contributed by atoms with Gasteiger partial charge in [0.15, 0.2) is 0 Å². The molecule has 0 radical (unpaired) electrons. The summed E-state index contributed by atoms with van der Waals surface area (Å²) >= 11 is 0. The van der Waals surface area contributed by atoms with Gasteiger partial charge in [0.25, 0.3) is 0 Å². The van der Waals surface area contributed by atoms with Crippen LogP contribution in [-0.2, 0) is 4.74 Å². The number of nitrogens with one attached hydrogen (secondary N) is 1. The SMILES string of the molecule is CCCNC(CCC(C)(C)C)C(C)CCOC. The highest BCUT2D eigenvalue weighted by atomic mass is 16.5. The Morgan fingerprint density at radius 1 is 1.18 bits per heavy atom. The molecule has 0 fully saturated rings. The van der Waals surface area contributed by atoms with Crippen molar-refractivity contribution in [3.05, 3.63) is 0 Å². The Hall–Kier alpha value is -0.0800. The number of methoxy groups -OCH3 is 1. The number of ether oxygens (including phenoxy) is 1. The number of hydrogen-bond donors (Lipinski definition) is 1. The van der Waals surface area contributed by atoms with E-state index in [-0.39, 0.29) is 0 Å². The zero-order valence-electron chi connectivity index (χ0n) is 12.8.